The highest BCUT2D eigenvalue weighted by atomic mass is 32.2. The highest BCUT2D eigenvalue weighted by Crippen LogP contribution is 2.23. The zero-order chi connectivity index (χ0) is 12.4. The maximum absolute atomic E-state index is 13.9. The number of hydrogen-bond donors (Lipinski definition) is 1. The van der Waals surface area contributed by atoms with Gasteiger partial charge in [0.2, 0.25) is 0 Å². The first kappa shape index (κ1) is 12.5. The highest BCUT2D eigenvalue weighted by molar-refractivity contribution is 7.85. The van der Waals surface area contributed by atoms with Crippen molar-refractivity contribution in [2.24, 2.45) is 5.73 Å². The molecule has 5 heteroatoms. The van der Waals surface area contributed by atoms with Crippen molar-refractivity contribution in [1.82, 2.24) is 0 Å². The van der Waals surface area contributed by atoms with Gasteiger partial charge in [-0.2, -0.15) is 0 Å². The second-order valence-corrected chi connectivity index (χ2v) is 6.03. The van der Waals surface area contributed by atoms with Gasteiger partial charge in [0.05, 0.1) is 5.69 Å². The smallest absolute Gasteiger partial charge is 0.146 e. The van der Waals surface area contributed by atoms with Gasteiger partial charge in [-0.3, -0.25) is 4.21 Å². The minimum absolute atomic E-state index is 0.160. The molecule has 1 aromatic rings. The van der Waals surface area contributed by atoms with Crippen LogP contribution in [0.25, 0.3) is 0 Å². The van der Waals surface area contributed by atoms with Gasteiger partial charge in [-0.15, -0.1) is 0 Å². The Balaban J connectivity index is 2.19. The normalized spacial score (nSPS) is 19.4. The van der Waals surface area contributed by atoms with Crippen molar-refractivity contribution in [2.45, 2.75) is 13.0 Å². The van der Waals surface area contributed by atoms with E-state index in [1.165, 1.54) is 6.07 Å². The van der Waals surface area contributed by atoms with E-state index in [0.29, 0.717) is 30.3 Å². The summed E-state index contributed by atoms with van der Waals surface area (Å²) in [7, 11) is -0.737. The van der Waals surface area contributed by atoms with Crippen LogP contribution in [0.1, 0.15) is 18.5 Å². The standard InChI is InChI=1S/C12H17FN2OS/c1-9(14)10-2-3-12(11(13)8-10)15-4-6-17(16)7-5-15/h2-3,8-9H,4-7,14H2,1H3/t9-/m0/s1. The lowest BCUT2D eigenvalue weighted by Gasteiger charge is -2.29. The largest absolute Gasteiger partial charge is 0.367 e. The first-order chi connectivity index (χ1) is 8.08. The van der Waals surface area contributed by atoms with Crippen molar-refractivity contribution in [3.05, 3.63) is 29.6 Å². The molecular formula is C12H17FN2OS. The van der Waals surface area contributed by atoms with Crippen molar-refractivity contribution < 1.29 is 8.60 Å². The Hall–Kier alpha value is -0.940. The lowest BCUT2D eigenvalue weighted by molar-refractivity contribution is 0.612. The fraction of sp³-hybridized carbons (Fsp3) is 0.500. The number of nitrogens with zero attached hydrogens (tertiary/aromatic N) is 1. The van der Waals surface area contributed by atoms with Gasteiger partial charge in [-0.05, 0) is 24.6 Å². The zero-order valence-electron chi connectivity index (χ0n) is 9.86. The second kappa shape index (κ2) is 5.14. The van der Waals surface area contributed by atoms with Crippen LogP contribution in [-0.2, 0) is 10.8 Å². The second-order valence-electron chi connectivity index (χ2n) is 4.33. The fourth-order valence-electron chi connectivity index (χ4n) is 1.94. The molecule has 94 valence electrons. The van der Waals surface area contributed by atoms with Crippen molar-refractivity contribution in [3.63, 3.8) is 0 Å². The van der Waals surface area contributed by atoms with E-state index >= 15 is 0 Å². The van der Waals surface area contributed by atoms with E-state index in [0.717, 1.165) is 5.56 Å². The van der Waals surface area contributed by atoms with Crippen LogP contribution in [0.15, 0.2) is 18.2 Å². The third kappa shape index (κ3) is 2.84. The maximum atomic E-state index is 13.9. The Morgan fingerprint density at radius 1 is 1.41 bits per heavy atom. The monoisotopic (exact) mass is 256 g/mol. The molecule has 2 rings (SSSR count). The molecule has 3 nitrogen and oxygen atoms in total. The molecule has 1 heterocycles. The summed E-state index contributed by atoms with van der Waals surface area (Å²) in [6.07, 6.45) is 0. The Morgan fingerprint density at radius 2 is 2.06 bits per heavy atom. The van der Waals surface area contributed by atoms with Crippen LogP contribution in [0.5, 0.6) is 0 Å². The van der Waals surface area contributed by atoms with Crippen molar-refractivity contribution in [2.75, 3.05) is 29.5 Å². The average Bonchev–Trinajstić information content (AvgIpc) is 2.30. The van der Waals surface area contributed by atoms with Crippen LogP contribution >= 0.6 is 0 Å². The van der Waals surface area contributed by atoms with Gasteiger partial charge in [-0.25, -0.2) is 4.39 Å². The average molecular weight is 256 g/mol. The number of halogens is 1. The molecule has 1 fully saturated rings. The summed E-state index contributed by atoms with van der Waals surface area (Å²) in [6.45, 7) is 3.14. The van der Waals surface area contributed by atoms with Gasteiger partial charge in [0.25, 0.3) is 0 Å². The predicted octanol–water partition coefficient (Wildman–Crippen LogP) is 1.41. The molecule has 0 saturated carbocycles. The molecule has 0 amide bonds. The SMILES string of the molecule is C[C@H](N)c1ccc(N2CCS(=O)CC2)c(F)c1. The predicted molar refractivity (Wildman–Crippen MR) is 69.1 cm³/mol. The summed E-state index contributed by atoms with van der Waals surface area (Å²) in [5.74, 6) is 0.996. The van der Waals surface area contributed by atoms with E-state index in [1.54, 1.807) is 6.07 Å². The third-order valence-electron chi connectivity index (χ3n) is 3.02. The van der Waals surface area contributed by atoms with Gasteiger partial charge in [0.1, 0.15) is 5.82 Å². The molecule has 1 saturated heterocycles. The minimum atomic E-state index is -0.737. The molecule has 0 aliphatic carbocycles. The molecule has 0 bridgehead atoms. The summed E-state index contributed by atoms with van der Waals surface area (Å²) in [5, 5.41) is 0. The van der Waals surface area contributed by atoms with E-state index in [-0.39, 0.29) is 11.9 Å². The first-order valence-electron chi connectivity index (χ1n) is 5.73. The summed E-state index contributed by atoms with van der Waals surface area (Å²) in [4.78, 5) is 1.95. The number of rotatable bonds is 2. The molecule has 17 heavy (non-hydrogen) atoms. The van der Waals surface area contributed by atoms with Crippen LogP contribution in [0.3, 0.4) is 0 Å². The van der Waals surface area contributed by atoms with Gasteiger partial charge >= 0.3 is 0 Å². The molecule has 0 aromatic heterocycles. The summed E-state index contributed by atoms with van der Waals surface area (Å²) in [6, 6.07) is 4.95. The summed E-state index contributed by atoms with van der Waals surface area (Å²) >= 11 is 0. The molecule has 0 radical (unpaired) electrons. The summed E-state index contributed by atoms with van der Waals surface area (Å²) < 4.78 is 25.2. The number of hydrogen-bond acceptors (Lipinski definition) is 3. The number of anilines is 1. The van der Waals surface area contributed by atoms with E-state index in [2.05, 4.69) is 0 Å². The molecular weight excluding hydrogens is 239 g/mol. The zero-order valence-corrected chi connectivity index (χ0v) is 10.7. The Bertz CT molecular complexity index is 427. The number of benzene rings is 1. The van der Waals surface area contributed by atoms with Crippen LogP contribution in [0.4, 0.5) is 10.1 Å². The van der Waals surface area contributed by atoms with Crippen LogP contribution in [0.2, 0.25) is 0 Å². The maximum Gasteiger partial charge on any atom is 0.146 e. The molecule has 1 atom stereocenters. The molecule has 0 unspecified atom stereocenters. The molecule has 2 N–H and O–H groups in total. The first-order valence-corrected chi connectivity index (χ1v) is 7.21. The van der Waals surface area contributed by atoms with Gasteiger partial charge in [0, 0.05) is 41.4 Å². The molecule has 1 aliphatic heterocycles. The quantitative estimate of drug-likeness (QED) is 0.870. The topological polar surface area (TPSA) is 46.3 Å². The summed E-state index contributed by atoms with van der Waals surface area (Å²) in [5.41, 5.74) is 7.10. The van der Waals surface area contributed by atoms with Crippen molar-refractivity contribution >= 4 is 16.5 Å². The van der Waals surface area contributed by atoms with Gasteiger partial charge < -0.3 is 10.6 Å². The highest BCUT2D eigenvalue weighted by Gasteiger charge is 2.18. The number of nitrogens with two attached hydrogens (primary N) is 1. The van der Waals surface area contributed by atoms with E-state index in [1.807, 2.05) is 17.9 Å². The molecule has 1 aromatic carbocycles. The van der Waals surface area contributed by atoms with Crippen LogP contribution < -0.4 is 10.6 Å². The molecule has 1 aliphatic rings. The lowest BCUT2D eigenvalue weighted by Crippen LogP contribution is -2.38. The molecule has 0 spiro atoms. The Labute approximate surface area is 103 Å². The van der Waals surface area contributed by atoms with E-state index < -0.39 is 10.8 Å². The van der Waals surface area contributed by atoms with Crippen molar-refractivity contribution in [1.29, 1.82) is 0 Å². The van der Waals surface area contributed by atoms with E-state index in [4.69, 9.17) is 5.73 Å². The van der Waals surface area contributed by atoms with Crippen LogP contribution in [0, 0.1) is 5.82 Å². The lowest BCUT2D eigenvalue weighted by atomic mass is 10.1. The minimum Gasteiger partial charge on any atom is -0.367 e. The van der Waals surface area contributed by atoms with Crippen LogP contribution in [-0.4, -0.2) is 28.8 Å². The van der Waals surface area contributed by atoms with Gasteiger partial charge in [-0.1, -0.05) is 6.07 Å². The van der Waals surface area contributed by atoms with Crippen molar-refractivity contribution in [3.8, 4) is 0 Å². The van der Waals surface area contributed by atoms with E-state index in [9.17, 15) is 8.60 Å². The Kier molecular flexibility index (Phi) is 3.79. The van der Waals surface area contributed by atoms with Gasteiger partial charge in [0.15, 0.2) is 0 Å². The Morgan fingerprint density at radius 3 is 2.59 bits per heavy atom. The fourth-order valence-corrected chi connectivity index (χ4v) is 2.99. The third-order valence-corrected chi connectivity index (χ3v) is 4.29.